The lowest BCUT2D eigenvalue weighted by Crippen LogP contribution is -2.37. The maximum atomic E-state index is 10.1. The molecule has 31 heavy (non-hydrogen) atoms. The first-order valence-electron chi connectivity index (χ1n) is 10.1. The summed E-state index contributed by atoms with van der Waals surface area (Å²) in [6.07, 6.45) is 0. The normalized spacial score (nSPS) is 13.8. The molecule has 2 heterocycles. The highest BCUT2D eigenvalue weighted by Gasteiger charge is 2.24. The van der Waals surface area contributed by atoms with Crippen LogP contribution >= 0.6 is 11.8 Å². The topological polar surface area (TPSA) is 89.7 Å². The van der Waals surface area contributed by atoms with E-state index in [1.165, 1.54) is 0 Å². The van der Waals surface area contributed by atoms with Gasteiger partial charge in [-0.05, 0) is 18.1 Å². The summed E-state index contributed by atoms with van der Waals surface area (Å²) in [4.78, 5) is 11.6. The first kappa shape index (κ1) is 23.0. The van der Waals surface area contributed by atoms with Gasteiger partial charge in [0.25, 0.3) is 0 Å². The number of ether oxygens (including phenoxy) is 4. The van der Waals surface area contributed by atoms with Crippen LogP contribution in [0, 0.1) is 17.2 Å². The van der Waals surface area contributed by atoms with E-state index in [1.54, 1.807) is 33.1 Å². The van der Waals surface area contributed by atoms with Crippen molar-refractivity contribution in [2.24, 2.45) is 5.92 Å². The number of morpholine rings is 1. The fraction of sp³-hybridized carbons (Fsp3) is 0.500. The molecule has 0 atom stereocenters. The second kappa shape index (κ2) is 10.6. The van der Waals surface area contributed by atoms with E-state index in [-0.39, 0.29) is 0 Å². The molecule has 0 amide bonds. The lowest BCUT2D eigenvalue weighted by atomic mass is 10.0. The number of anilines is 1. The summed E-state index contributed by atoms with van der Waals surface area (Å²) in [6.45, 7) is 6.86. The van der Waals surface area contributed by atoms with Crippen LogP contribution in [0.3, 0.4) is 0 Å². The highest BCUT2D eigenvalue weighted by Crippen LogP contribution is 2.42. The number of nitrogens with zero attached hydrogens (tertiary/aromatic N) is 4. The Labute approximate surface area is 187 Å². The number of methoxy groups -OCH3 is 3. The zero-order valence-electron chi connectivity index (χ0n) is 18.6. The van der Waals surface area contributed by atoms with E-state index in [0.29, 0.717) is 77.3 Å². The quantitative estimate of drug-likeness (QED) is 0.447. The molecule has 0 N–H and O–H groups in total. The summed E-state index contributed by atoms with van der Waals surface area (Å²) in [5.74, 6) is 3.50. The third-order valence-corrected chi connectivity index (χ3v) is 6.05. The monoisotopic (exact) mass is 444 g/mol. The van der Waals surface area contributed by atoms with Crippen LogP contribution in [0.2, 0.25) is 0 Å². The molecule has 0 unspecified atom stereocenters. The number of aromatic nitrogens is 2. The molecule has 1 aliphatic rings. The number of hydrogen-bond donors (Lipinski definition) is 0. The molecule has 3 rings (SSSR count). The van der Waals surface area contributed by atoms with Crippen LogP contribution < -0.4 is 19.1 Å². The number of hydrogen-bond acceptors (Lipinski definition) is 9. The van der Waals surface area contributed by atoms with E-state index in [4.69, 9.17) is 28.9 Å². The number of benzene rings is 1. The summed E-state index contributed by atoms with van der Waals surface area (Å²) in [7, 11) is 4.69. The van der Waals surface area contributed by atoms with Crippen LogP contribution in [-0.4, -0.2) is 63.4 Å². The van der Waals surface area contributed by atoms with E-state index >= 15 is 0 Å². The average molecular weight is 445 g/mol. The summed E-state index contributed by atoms with van der Waals surface area (Å²) < 4.78 is 21.9. The van der Waals surface area contributed by atoms with Crippen LogP contribution in [0.4, 0.5) is 5.82 Å². The molecule has 1 aromatic carbocycles. The minimum Gasteiger partial charge on any atom is -0.493 e. The van der Waals surface area contributed by atoms with E-state index in [0.717, 1.165) is 5.75 Å². The summed E-state index contributed by atoms with van der Waals surface area (Å²) in [5.41, 5.74) is 1.67. The van der Waals surface area contributed by atoms with E-state index < -0.39 is 0 Å². The number of thioether (sulfide) groups is 1. The Bertz CT molecular complexity index is 930. The zero-order valence-corrected chi connectivity index (χ0v) is 19.4. The minimum atomic E-state index is 0.421. The van der Waals surface area contributed by atoms with Gasteiger partial charge < -0.3 is 23.8 Å². The third kappa shape index (κ3) is 5.14. The van der Waals surface area contributed by atoms with Crippen molar-refractivity contribution in [3.63, 3.8) is 0 Å². The third-order valence-electron chi connectivity index (χ3n) is 4.78. The average Bonchev–Trinajstić information content (AvgIpc) is 2.81. The van der Waals surface area contributed by atoms with Crippen molar-refractivity contribution in [2.45, 2.75) is 19.0 Å². The van der Waals surface area contributed by atoms with E-state index in [9.17, 15) is 5.26 Å². The van der Waals surface area contributed by atoms with Gasteiger partial charge in [-0.3, -0.25) is 0 Å². The number of rotatable bonds is 8. The van der Waals surface area contributed by atoms with Gasteiger partial charge in [-0.2, -0.15) is 5.26 Å². The standard InChI is InChI=1S/C22H28N4O4S/c1-14(2)13-31-22-24-19(15-10-17(27-3)20(29-5)18(11-15)28-4)16(12-23)21(25-22)26-6-8-30-9-7-26/h10-11,14H,6-9,13H2,1-5H3. The largest absolute Gasteiger partial charge is 0.493 e. The molecule has 166 valence electrons. The smallest absolute Gasteiger partial charge is 0.203 e. The van der Waals surface area contributed by atoms with E-state index in [2.05, 4.69) is 24.8 Å². The maximum Gasteiger partial charge on any atom is 0.203 e. The maximum absolute atomic E-state index is 10.1. The Morgan fingerprint density at radius 1 is 1.10 bits per heavy atom. The Kier molecular flexibility index (Phi) is 7.82. The Morgan fingerprint density at radius 2 is 1.74 bits per heavy atom. The van der Waals surface area contributed by atoms with Crippen molar-refractivity contribution in [2.75, 3.05) is 58.3 Å². The Morgan fingerprint density at radius 3 is 2.26 bits per heavy atom. The first-order chi connectivity index (χ1) is 15.0. The SMILES string of the molecule is COc1cc(-c2nc(SCC(C)C)nc(N3CCOCC3)c2C#N)cc(OC)c1OC. The van der Waals surface area contributed by atoms with Crippen molar-refractivity contribution >= 4 is 17.6 Å². The lowest BCUT2D eigenvalue weighted by Gasteiger charge is -2.29. The van der Waals surface area contributed by atoms with Gasteiger partial charge in [0.1, 0.15) is 11.6 Å². The first-order valence-corrected chi connectivity index (χ1v) is 11.1. The highest BCUT2D eigenvalue weighted by molar-refractivity contribution is 7.99. The molecule has 0 aliphatic carbocycles. The molecule has 0 saturated carbocycles. The molecule has 1 saturated heterocycles. The Hall–Kier alpha value is -2.70. The van der Waals surface area contributed by atoms with Crippen LogP contribution in [-0.2, 0) is 4.74 Å². The van der Waals surface area contributed by atoms with Gasteiger partial charge in [-0.1, -0.05) is 25.6 Å². The summed E-state index contributed by atoms with van der Waals surface area (Å²) >= 11 is 1.59. The lowest BCUT2D eigenvalue weighted by molar-refractivity contribution is 0.122. The molecule has 1 fully saturated rings. The van der Waals surface area contributed by atoms with Gasteiger partial charge in [-0.25, -0.2) is 9.97 Å². The molecule has 2 aromatic rings. The predicted octanol–water partition coefficient (Wildman–Crippen LogP) is 3.63. The van der Waals surface area contributed by atoms with Crippen LogP contribution in [0.15, 0.2) is 17.3 Å². The highest BCUT2D eigenvalue weighted by atomic mass is 32.2. The van der Waals surface area contributed by atoms with Gasteiger partial charge >= 0.3 is 0 Å². The summed E-state index contributed by atoms with van der Waals surface area (Å²) in [6, 6.07) is 5.95. The second-order valence-corrected chi connectivity index (χ2v) is 8.37. The molecule has 1 aliphatic heterocycles. The molecule has 0 bridgehead atoms. The molecular formula is C22H28N4O4S. The van der Waals surface area contributed by atoms with Crippen LogP contribution in [0.25, 0.3) is 11.3 Å². The second-order valence-electron chi connectivity index (χ2n) is 7.38. The van der Waals surface area contributed by atoms with Crippen molar-refractivity contribution < 1.29 is 18.9 Å². The van der Waals surface area contributed by atoms with Crippen molar-refractivity contribution in [3.05, 3.63) is 17.7 Å². The van der Waals surface area contributed by atoms with Gasteiger partial charge in [0.05, 0.1) is 40.2 Å². The fourth-order valence-electron chi connectivity index (χ4n) is 3.27. The molecular weight excluding hydrogens is 416 g/mol. The van der Waals surface area contributed by atoms with E-state index in [1.807, 2.05) is 12.1 Å². The zero-order chi connectivity index (χ0) is 22.4. The van der Waals surface area contributed by atoms with Gasteiger partial charge in [0, 0.05) is 24.4 Å². The van der Waals surface area contributed by atoms with Gasteiger partial charge in [0.15, 0.2) is 22.5 Å². The van der Waals surface area contributed by atoms with Crippen molar-refractivity contribution in [1.82, 2.24) is 9.97 Å². The molecule has 8 nitrogen and oxygen atoms in total. The predicted molar refractivity (Wildman–Crippen MR) is 120 cm³/mol. The number of nitriles is 1. The van der Waals surface area contributed by atoms with Crippen LogP contribution in [0.1, 0.15) is 19.4 Å². The van der Waals surface area contributed by atoms with Crippen LogP contribution in [0.5, 0.6) is 17.2 Å². The van der Waals surface area contributed by atoms with Gasteiger partial charge in [-0.15, -0.1) is 0 Å². The van der Waals surface area contributed by atoms with Crippen molar-refractivity contribution in [1.29, 1.82) is 5.26 Å². The molecule has 0 radical (unpaired) electrons. The summed E-state index contributed by atoms with van der Waals surface area (Å²) in [5, 5.41) is 10.7. The Balaban J connectivity index is 2.20. The molecule has 9 heteroatoms. The minimum absolute atomic E-state index is 0.421. The van der Waals surface area contributed by atoms with Gasteiger partial charge in [0.2, 0.25) is 5.75 Å². The van der Waals surface area contributed by atoms with Crippen molar-refractivity contribution in [3.8, 4) is 34.6 Å². The molecule has 0 spiro atoms. The fourth-order valence-corrected chi connectivity index (χ4v) is 4.06. The molecule has 1 aromatic heterocycles.